The predicted octanol–water partition coefficient (Wildman–Crippen LogP) is 2.83. The molecule has 0 aromatic heterocycles. The van der Waals surface area contributed by atoms with Crippen molar-refractivity contribution in [3.8, 4) is 0 Å². The van der Waals surface area contributed by atoms with Gasteiger partial charge in [0.25, 0.3) is 15.9 Å². The lowest BCUT2D eigenvalue weighted by Crippen LogP contribution is -2.25. The number of rotatable bonds is 8. The Hall–Kier alpha value is -2.16. The number of nitrogens with one attached hydrogen (secondary N) is 2. The molecule has 2 rings (SSSR count). The summed E-state index contributed by atoms with van der Waals surface area (Å²) in [5.74, 6) is -0.900. The SMILES string of the molecule is Cc1ccc(S(=O)(=O)Nc2cccc(C(=O)NCCCCN)c2)cc1F.Cl. The smallest absolute Gasteiger partial charge is 0.261 e. The number of hydrogen-bond donors (Lipinski definition) is 3. The van der Waals surface area contributed by atoms with Gasteiger partial charge in [-0.05, 0) is 62.2 Å². The molecule has 27 heavy (non-hydrogen) atoms. The Labute approximate surface area is 164 Å². The van der Waals surface area contributed by atoms with E-state index in [4.69, 9.17) is 5.73 Å². The van der Waals surface area contributed by atoms with Gasteiger partial charge in [0.05, 0.1) is 4.90 Å². The highest BCUT2D eigenvalue weighted by Crippen LogP contribution is 2.19. The number of amides is 1. The molecule has 6 nitrogen and oxygen atoms in total. The minimum Gasteiger partial charge on any atom is -0.352 e. The Balaban J connectivity index is 0.00000364. The standard InChI is InChI=1S/C18H22FN3O3S.ClH/c1-13-7-8-16(12-17(13)19)26(24,25)22-15-6-4-5-14(11-15)18(23)21-10-3-2-9-20;/h4-8,11-12,22H,2-3,9-10,20H2,1H3,(H,21,23);1H. The summed E-state index contributed by atoms with van der Waals surface area (Å²) < 4.78 is 40.8. The van der Waals surface area contributed by atoms with Crippen molar-refractivity contribution in [2.45, 2.75) is 24.7 Å². The number of carbonyl (C=O) groups is 1. The number of nitrogens with two attached hydrogens (primary N) is 1. The third-order valence-electron chi connectivity index (χ3n) is 3.75. The third kappa shape index (κ3) is 6.50. The van der Waals surface area contributed by atoms with Gasteiger partial charge in [-0.3, -0.25) is 9.52 Å². The molecule has 0 spiro atoms. The normalized spacial score (nSPS) is 10.8. The highest BCUT2D eigenvalue weighted by molar-refractivity contribution is 7.92. The molecule has 0 saturated heterocycles. The number of carbonyl (C=O) groups excluding carboxylic acids is 1. The van der Waals surface area contributed by atoms with Crippen molar-refractivity contribution < 1.29 is 17.6 Å². The molecule has 0 saturated carbocycles. The molecule has 1 amide bonds. The highest BCUT2D eigenvalue weighted by atomic mass is 35.5. The van der Waals surface area contributed by atoms with Crippen LogP contribution in [0.4, 0.5) is 10.1 Å². The molecule has 0 aliphatic carbocycles. The lowest BCUT2D eigenvalue weighted by molar-refractivity contribution is 0.0953. The van der Waals surface area contributed by atoms with E-state index in [0.717, 1.165) is 18.9 Å². The van der Waals surface area contributed by atoms with Gasteiger partial charge in [-0.25, -0.2) is 12.8 Å². The van der Waals surface area contributed by atoms with Crippen molar-refractivity contribution in [1.29, 1.82) is 0 Å². The minimum absolute atomic E-state index is 0. The molecule has 0 radical (unpaired) electrons. The van der Waals surface area contributed by atoms with E-state index in [2.05, 4.69) is 10.0 Å². The van der Waals surface area contributed by atoms with Crippen LogP contribution in [-0.4, -0.2) is 27.4 Å². The number of anilines is 1. The molecule has 0 aliphatic heterocycles. The quantitative estimate of drug-likeness (QED) is 0.577. The van der Waals surface area contributed by atoms with Crippen LogP contribution in [-0.2, 0) is 10.0 Å². The molecule has 0 fully saturated rings. The van der Waals surface area contributed by atoms with E-state index in [9.17, 15) is 17.6 Å². The van der Waals surface area contributed by atoms with E-state index >= 15 is 0 Å². The number of sulfonamides is 1. The summed E-state index contributed by atoms with van der Waals surface area (Å²) in [4.78, 5) is 11.9. The monoisotopic (exact) mass is 415 g/mol. The average molecular weight is 416 g/mol. The maximum Gasteiger partial charge on any atom is 0.261 e. The molecule has 0 aliphatic rings. The van der Waals surface area contributed by atoms with Gasteiger partial charge in [0.1, 0.15) is 5.82 Å². The van der Waals surface area contributed by atoms with Crippen molar-refractivity contribution in [3.05, 3.63) is 59.4 Å². The predicted molar refractivity (Wildman–Crippen MR) is 106 cm³/mol. The third-order valence-corrected chi connectivity index (χ3v) is 5.13. The second kappa shape index (κ2) is 10.2. The van der Waals surface area contributed by atoms with Crippen LogP contribution in [0.5, 0.6) is 0 Å². The van der Waals surface area contributed by atoms with E-state index in [-0.39, 0.29) is 28.9 Å². The van der Waals surface area contributed by atoms with E-state index in [0.29, 0.717) is 24.2 Å². The molecule has 2 aromatic carbocycles. The van der Waals surface area contributed by atoms with Crippen molar-refractivity contribution in [3.63, 3.8) is 0 Å². The maximum atomic E-state index is 13.6. The molecule has 4 N–H and O–H groups in total. The van der Waals surface area contributed by atoms with Crippen LogP contribution in [0.3, 0.4) is 0 Å². The van der Waals surface area contributed by atoms with E-state index in [1.54, 1.807) is 19.1 Å². The zero-order valence-electron chi connectivity index (χ0n) is 14.9. The summed E-state index contributed by atoms with van der Waals surface area (Å²) in [7, 11) is -3.95. The fourth-order valence-electron chi connectivity index (χ4n) is 2.25. The van der Waals surface area contributed by atoms with Crippen molar-refractivity contribution in [2.24, 2.45) is 5.73 Å². The second-order valence-electron chi connectivity index (χ2n) is 5.85. The molecule has 0 heterocycles. The molecule has 2 aromatic rings. The molecule has 0 bridgehead atoms. The zero-order chi connectivity index (χ0) is 19.2. The number of hydrogen-bond acceptors (Lipinski definition) is 4. The van der Waals surface area contributed by atoms with Gasteiger partial charge in [0.15, 0.2) is 0 Å². The van der Waals surface area contributed by atoms with Gasteiger partial charge in [0, 0.05) is 17.8 Å². The Morgan fingerprint density at radius 2 is 1.89 bits per heavy atom. The van der Waals surface area contributed by atoms with Gasteiger partial charge in [-0.15, -0.1) is 12.4 Å². The highest BCUT2D eigenvalue weighted by Gasteiger charge is 2.16. The summed E-state index contributed by atoms with van der Waals surface area (Å²) in [5.41, 5.74) is 6.31. The fourth-order valence-corrected chi connectivity index (χ4v) is 3.31. The molecular weight excluding hydrogens is 393 g/mol. The second-order valence-corrected chi connectivity index (χ2v) is 7.53. The number of aryl methyl sites for hydroxylation is 1. The molecule has 0 unspecified atom stereocenters. The van der Waals surface area contributed by atoms with Crippen LogP contribution in [0.25, 0.3) is 0 Å². The Kier molecular flexibility index (Phi) is 8.68. The van der Waals surface area contributed by atoms with Gasteiger partial charge >= 0.3 is 0 Å². The van der Waals surface area contributed by atoms with Gasteiger partial charge in [0.2, 0.25) is 0 Å². The van der Waals surface area contributed by atoms with Gasteiger partial charge in [-0.1, -0.05) is 12.1 Å². The van der Waals surface area contributed by atoms with E-state index in [1.807, 2.05) is 0 Å². The number of halogens is 2. The lowest BCUT2D eigenvalue weighted by Gasteiger charge is -2.10. The first-order valence-electron chi connectivity index (χ1n) is 8.21. The van der Waals surface area contributed by atoms with Crippen LogP contribution in [0.1, 0.15) is 28.8 Å². The van der Waals surface area contributed by atoms with E-state index in [1.165, 1.54) is 24.3 Å². The minimum atomic E-state index is -3.95. The van der Waals surface area contributed by atoms with Crippen LogP contribution in [0.15, 0.2) is 47.4 Å². The summed E-state index contributed by atoms with van der Waals surface area (Å²) in [6.07, 6.45) is 1.58. The van der Waals surface area contributed by atoms with Gasteiger partial charge < -0.3 is 11.1 Å². The van der Waals surface area contributed by atoms with Gasteiger partial charge in [-0.2, -0.15) is 0 Å². The largest absolute Gasteiger partial charge is 0.352 e. The molecule has 0 atom stereocenters. The van der Waals surface area contributed by atoms with E-state index < -0.39 is 15.8 Å². The summed E-state index contributed by atoms with van der Waals surface area (Å²) in [6, 6.07) is 9.80. The zero-order valence-corrected chi connectivity index (χ0v) is 16.5. The van der Waals surface area contributed by atoms with Crippen molar-refractivity contribution in [1.82, 2.24) is 5.32 Å². The molecule has 148 valence electrons. The Bertz CT molecular complexity index is 891. The molecular formula is C18H23ClFN3O3S. The van der Waals surface area contributed by atoms with Crippen LogP contribution in [0, 0.1) is 12.7 Å². The lowest BCUT2D eigenvalue weighted by atomic mass is 10.2. The topological polar surface area (TPSA) is 101 Å². The van der Waals surface area contributed by atoms with Crippen LogP contribution < -0.4 is 15.8 Å². The number of unbranched alkanes of at least 4 members (excludes halogenated alkanes) is 1. The Morgan fingerprint density at radius 3 is 2.56 bits per heavy atom. The summed E-state index contributed by atoms with van der Waals surface area (Å²) >= 11 is 0. The first kappa shape index (κ1) is 22.9. The van der Waals surface area contributed by atoms with Crippen molar-refractivity contribution in [2.75, 3.05) is 17.8 Å². The Morgan fingerprint density at radius 1 is 1.15 bits per heavy atom. The average Bonchev–Trinajstić information content (AvgIpc) is 2.60. The maximum absolute atomic E-state index is 13.6. The van der Waals surface area contributed by atoms with Crippen LogP contribution in [0.2, 0.25) is 0 Å². The van der Waals surface area contributed by atoms with Crippen molar-refractivity contribution >= 4 is 34.0 Å². The molecule has 9 heteroatoms. The summed E-state index contributed by atoms with van der Waals surface area (Å²) in [5, 5.41) is 2.75. The number of benzene rings is 2. The fraction of sp³-hybridized carbons (Fsp3) is 0.278. The first-order valence-corrected chi connectivity index (χ1v) is 9.69. The summed E-state index contributed by atoms with van der Waals surface area (Å²) in [6.45, 7) is 2.61. The van der Waals surface area contributed by atoms with Crippen LogP contribution >= 0.6 is 12.4 Å². The first-order chi connectivity index (χ1) is 12.3.